The number of benzene rings is 1. The van der Waals surface area contributed by atoms with E-state index in [9.17, 15) is 0 Å². The Hall–Kier alpha value is -0.890. The van der Waals surface area contributed by atoms with E-state index >= 15 is 0 Å². The molecule has 1 aromatic carbocycles. The van der Waals surface area contributed by atoms with Crippen LogP contribution in [-0.4, -0.2) is 13.8 Å². The highest BCUT2D eigenvalue weighted by molar-refractivity contribution is 6.30. The molecule has 3 heteroatoms. The van der Waals surface area contributed by atoms with E-state index in [-0.39, 0.29) is 0 Å². The normalized spacial score (nSPS) is 14.5. The Morgan fingerprint density at radius 2 is 2.36 bits per heavy atom. The van der Waals surface area contributed by atoms with Crippen molar-refractivity contribution in [1.29, 1.82) is 0 Å². The number of rotatable bonds is 0. The second-order valence-electron chi connectivity index (χ2n) is 2.58. The van der Waals surface area contributed by atoms with Gasteiger partial charge in [-0.15, -0.1) is 0 Å². The lowest BCUT2D eigenvalue weighted by molar-refractivity contribution is 0.353. The number of hydrogen-bond acceptors (Lipinski definition) is 2. The quantitative estimate of drug-likeness (QED) is 0.590. The Morgan fingerprint density at radius 3 is 3.18 bits per heavy atom. The lowest BCUT2D eigenvalue weighted by atomic mass is 10.3. The summed E-state index contributed by atoms with van der Waals surface area (Å²) in [5.74, 6) is 0.914. The number of fused-ring (bicyclic) bond motifs is 1. The molecule has 0 saturated carbocycles. The minimum Gasteiger partial charge on any atom is -0.471 e. The molecule has 0 fully saturated rings. The number of anilines is 1. The molecule has 1 aliphatic heterocycles. The third kappa shape index (κ3) is 1.03. The van der Waals surface area contributed by atoms with Gasteiger partial charge in [0, 0.05) is 12.1 Å². The van der Waals surface area contributed by atoms with Gasteiger partial charge in [0.25, 0.3) is 0 Å². The molecule has 1 aliphatic rings. The smallest absolute Gasteiger partial charge is 0.161 e. The van der Waals surface area contributed by atoms with Crippen LogP contribution in [0.4, 0.5) is 5.69 Å². The lowest BCUT2D eigenvalue weighted by Crippen LogP contribution is -2.14. The van der Waals surface area contributed by atoms with Crippen molar-refractivity contribution in [3.05, 3.63) is 23.2 Å². The molecule has 2 nitrogen and oxygen atoms in total. The molecule has 0 N–H and O–H groups in total. The van der Waals surface area contributed by atoms with Gasteiger partial charge in [0.2, 0.25) is 0 Å². The van der Waals surface area contributed by atoms with E-state index in [2.05, 4.69) is 0 Å². The highest BCUT2D eigenvalue weighted by atomic mass is 35.5. The third-order valence-electron chi connectivity index (χ3n) is 1.75. The molecule has 0 aliphatic carbocycles. The Morgan fingerprint density at radius 1 is 1.55 bits per heavy atom. The van der Waals surface area contributed by atoms with Gasteiger partial charge < -0.3 is 9.64 Å². The van der Waals surface area contributed by atoms with E-state index in [1.165, 1.54) is 0 Å². The van der Waals surface area contributed by atoms with Crippen molar-refractivity contribution in [2.45, 2.75) is 0 Å². The van der Waals surface area contributed by atoms with Crippen LogP contribution in [0, 0.1) is 0 Å². The molecule has 0 spiro atoms. The van der Waals surface area contributed by atoms with Crippen LogP contribution >= 0.6 is 11.6 Å². The fraction of sp³-hybridized carbons (Fsp3) is 0.250. The average Bonchev–Trinajstić information content (AvgIpc) is 2.33. The molecule has 0 saturated heterocycles. The zero-order valence-corrected chi connectivity index (χ0v) is 6.93. The molecule has 2 rings (SSSR count). The summed E-state index contributed by atoms with van der Waals surface area (Å²) < 4.78 is 5.33. The molecule has 1 heterocycles. The van der Waals surface area contributed by atoms with Gasteiger partial charge in [-0.2, -0.15) is 0 Å². The van der Waals surface area contributed by atoms with Crippen LogP contribution in [0.2, 0.25) is 5.02 Å². The minimum absolute atomic E-state index is 0.621. The van der Waals surface area contributed by atoms with Crippen molar-refractivity contribution in [3.8, 4) is 5.75 Å². The molecule has 0 amide bonds. The topological polar surface area (TPSA) is 12.5 Å². The van der Waals surface area contributed by atoms with Gasteiger partial charge in [-0.1, -0.05) is 11.6 Å². The number of ether oxygens (including phenoxy) is 1. The maximum atomic E-state index is 5.81. The zero-order valence-electron chi connectivity index (χ0n) is 6.17. The molecule has 58 valence electrons. The highest BCUT2D eigenvalue weighted by Crippen LogP contribution is 2.34. The standard InChI is InChI=1S/C8H8ClNO/c1-10-5-11-8-3-2-6(9)4-7(8)10/h2-4H,5H2,1H3. The van der Waals surface area contributed by atoms with Crippen LogP contribution in [0.25, 0.3) is 0 Å². The second kappa shape index (κ2) is 2.31. The molecule has 0 unspecified atom stereocenters. The van der Waals surface area contributed by atoms with Crippen LogP contribution in [0.3, 0.4) is 0 Å². The van der Waals surface area contributed by atoms with E-state index in [1.54, 1.807) is 0 Å². The number of nitrogens with zero attached hydrogens (tertiary/aromatic N) is 1. The molecule has 0 aromatic heterocycles. The first kappa shape index (κ1) is 6.80. The first-order valence-electron chi connectivity index (χ1n) is 3.41. The fourth-order valence-electron chi connectivity index (χ4n) is 1.15. The minimum atomic E-state index is 0.621. The van der Waals surface area contributed by atoms with Gasteiger partial charge in [-0.25, -0.2) is 0 Å². The predicted molar refractivity (Wildman–Crippen MR) is 45.4 cm³/mol. The molecule has 0 bridgehead atoms. The summed E-state index contributed by atoms with van der Waals surface area (Å²) in [4.78, 5) is 2.02. The molecular weight excluding hydrogens is 162 g/mol. The van der Waals surface area contributed by atoms with E-state index in [1.807, 2.05) is 30.1 Å². The van der Waals surface area contributed by atoms with Gasteiger partial charge >= 0.3 is 0 Å². The van der Waals surface area contributed by atoms with Crippen molar-refractivity contribution in [3.63, 3.8) is 0 Å². The first-order valence-corrected chi connectivity index (χ1v) is 3.78. The summed E-state index contributed by atoms with van der Waals surface area (Å²) in [5.41, 5.74) is 1.07. The highest BCUT2D eigenvalue weighted by Gasteiger charge is 2.16. The van der Waals surface area contributed by atoms with Crippen molar-refractivity contribution in [2.24, 2.45) is 0 Å². The Kier molecular flexibility index (Phi) is 1.43. The van der Waals surface area contributed by atoms with E-state index < -0.39 is 0 Å². The number of hydrogen-bond donors (Lipinski definition) is 0. The molecule has 0 atom stereocenters. The number of halogens is 1. The monoisotopic (exact) mass is 169 g/mol. The molecule has 1 aromatic rings. The first-order chi connectivity index (χ1) is 5.27. The van der Waals surface area contributed by atoms with Crippen molar-refractivity contribution in [2.75, 3.05) is 18.7 Å². The molecule has 11 heavy (non-hydrogen) atoms. The second-order valence-corrected chi connectivity index (χ2v) is 3.02. The van der Waals surface area contributed by atoms with E-state index in [0.29, 0.717) is 6.73 Å². The van der Waals surface area contributed by atoms with Gasteiger partial charge in [0.1, 0.15) is 5.75 Å². The zero-order chi connectivity index (χ0) is 7.84. The lowest BCUT2D eigenvalue weighted by Gasteiger charge is -2.06. The van der Waals surface area contributed by atoms with Gasteiger partial charge in [-0.3, -0.25) is 0 Å². The summed E-state index contributed by atoms with van der Waals surface area (Å²) >= 11 is 5.81. The largest absolute Gasteiger partial charge is 0.471 e. The van der Waals surface area contributed by atoms with E-state index in [4.69, 9.17) is 16.3 Å². The van der Waals surface area contributed by atoms with Crippen molar-refractivity contribution in [1.82, 2.24) is 0 Å². The van der Waals surface area contributed by atoms with Crippen LogP contribution < -0.4 is 9.64 Å². The van der Waals surface area contributed by atoms with Gasteiger partial charge in [-0.05, 0) is 18.2 Å². The van der Waals surface area contributed by atoms with E-state index in [0.717, 1.165) is 16.5 Å². The predicted octanol–water partition coefficient (Wildman–Crippen LogP) is 2.13. The Balaban J connectivity index is 2.52. The van der Waals surface area contributed by atoms with Gasteiger partial charge in [0.05, 0.1) is 5.69 Å². The summed E-state index contributed by atoms with van der Waals surface area (Å²) in [7, 11) is 1.97. The Bertz CT molecular complexity index is 287. The SMILES string of the molecule is CN1COc2ccc(Cl)cc21. The Labute approximate surface area is 70.3 Å². The van der Waals surface area contributed by atoms with Gasteiger partial charge in [0.15, 0.2) is 6.73 Å². The van der Waals surface area contributed by atoms with Crippen LogP contribution in [0.5, 0.6) is 5.75 Å². The van der Waals surface area contributed by atoms with Crippen LogP contribution in [0.15, 0.2) is 18.2 Å². The summed E-state index contributed by atoms with van der Waals surface area (Å²) in [6.07, 6.45) is 0. The van der Waals surface area contributed by atoms with Crippen LogP contribution in [0.1, 0.15) is 0 Å². The maximum Gasteiger partial charge on any atom is 0.161 e. The summed E-state index contributed by atoms with van der Waals surface area (Å²) in [6.45, 7) is 0.621. The average molecular weight is 170 g/mol. The van der Waals surface area contributed by atoms with Crippen molar-refractivity contribution >= 4 is 17.3 Å². The third-order valence-corrected chi connectivity index (χ3v) is 1.98. The maximum absolute atomic E-state index is 5.81. The molecular formula is C8H8ClNO. The van der Waals surface area contributed by atoms with Crippen molar-refractivity contribution < 1.29 is 4.74 Å². The fourth-order valence-corrected chi connectivity index (χ4v) is 1.31. The molecule has 0 radical (unpaired) electrons. The van der Waals surface area contributed by atoms with Crippen LogP contribution in [-0.2, 0) is 0 Å². The summed E-state index contributed by atoms with van der Waals surface area (Å²) in [6, 6.07) is 5.63. The summed E-state index contributed by atoms with van der Waals surface area (Å²) in [5, 5.41) is 0.751.